The summed E-state index contributed by atoms with van der Waals surface area (Å²) in [4.78, 5) is 16.4. The van der Waals surface area contributed by atoms with Crippen molar-refractivity contribution in [1.29, 1.82) is 0 Å². The van der Waals surface area contributed by atoms with E-state index < -0.39 is 0 Å². The van der Waals surface area contributed by atoms with Gasteiger partial charge < -0.3 is 0 Å². The molecule has 3 nitrogen and oxygen atoms in total. The van der Waals surface area contributed by atoms with Gasteiger partial charge in [0, 0.05) is 7.05 Å². The third kappa shape index (κ3) is 1.35. The summed E-state index contributed by atoms with van der Waals surface area (Å²) in [5, 5.41) is 0.739. The Kier molecular flexibility index (Phi) is 2.11. The SMILES string of the molecule is Cc1ccc2nc(C)n(C)c(=O)c2c1C. The van der Waals surface area contributed by atoms with Crippen molar-refractivity contribution in [3.8, 4) is 0 Å². The van der Waals surface area contributed by atoms with Crippen LogP contribution in [0.25, 0.3) is 10.9 Å². The Labute approximate surface area is 88.4 Å². The average molecular weight is 202 g/mol. The van der Waals surface area contributed by atoms with Crippen molar-refractivity contribution in [2.24, 2.45) is 7.05 Å². The summed E-state index contributed by atoms with van der Waals surface area (Å²) in [7, 11) is 1.76. The second-order valence-corrected chi connectivity index (χ2v) is 3.92. The van der Waals surface area contributed by atoms with E-state index in [0.717, 1.165) is 27.9 Å². The van der Waals surface area contributed by atoms with Gasteiger partial charge in [-0.2, -0.15) is 0 Å². The summed E-state index contributed by atoms with van der Waals surface area (Å²) in [6.45, 7) is 5.82. The van der Waals surface area contributed by atoms with Gasteiger partial charge in [0.05, 0.1) is 10.9 Å². The first-order valence-corrected chi connectivity index (χ1v) is 4.96. The van der Waals surface area contributed by atoms with Crippen LogP contribution in [0.5, 0.6) is 0 Å². The smallest absolute Gasteiger partial charge is 0.261 e. The van der Waals surface area contributed by atoms with Gasteiger partial charge in [0.1, 0.15) is 5.82 Å². The van der Waals surface area contributed by atoms with Gasteiger partial charge in [0.15, 0.2) is 0 Å². The van der Waals surface area contributed by atoms with Crippen molar-refractivity contribution in [2.45, 2.75) is 20.8 Å². The summed E-state index contributed by atoms with van der Waals surface area (Å²) in [5.74, 6) is 0.746. The highest BCUT2D eigenvalue weighted by Crippen LogP contribution is 2.16. The highest BCUT2D eigenvalue weighted by molar-refractivity contribution is 5.82. The predicted molar refractivity (Wildman–Crippen MR) is 61.2 cm³/mol. The van der Waals surface area contributed by atoms with Crippen LogP contribution in [0.1, 0.15) is 17.0 Å². The molecule has 0 fully saturated rings. The summed E-state index contributed by atoms with van der Waals surface area (Å²) < 4.78 is 1.59. The molecule has 0 radical (unpaired) electrons. The molecule has 0 N–H and O–H groups in total. The van der Waals surface area contributed by atoms with E-state index in [1.165, 1.54) is 0 Å². The molecule has 2 rings (SSSR count). The number of rotatable bonds is 0. The fraction of sp³-hybridized carbons (Fsp3) is 0.333. The van der Waals surface area contributed by atoms with Gasteiger partial charge in [-0.05, 0) is 38.0 Å². The highest BCUT2D eigenvalue weighted by atomic mass is 16.1. The fourth-order valence-corrected chi connectivity index (χ4v) is 1.73. The Morgan fingerprint density at radius 3 is 2.53 bits per heavy atom. The van der Waals surface area contributed by atoms with E-state index in [1.54, 1.807) is 11.6 Å². The zero-order valence-electron chi connectivity index (χ0n) is 9.46. The first kappa shape index (κ1) is 9.90. The number of fused-ring (bicyclic) bond motifs is 1. The third-order valence-electron chi connectivity index (χ3n) is 3.00. The minimum Gasteiger partial charge on any atom is -0.299 e. The maximum Gasteiger partial charge on any atom is 0.261 e. The second kappa shape index (κ2) is 3.19. The summed E-state index contributed by atoms with van der Waals surface area (Å²) >= 11 is 0. The van der Waals surface area contributed by atoms with E-state index in [-0.39, 0.29) is 5.56 Å². The number of hydrogen-bond acceptors (Lipinski definition) is 2. The summed E-state index contributed by atoms with van der Waals surface area (Å²) in [5.41, 5.74) is 2.99. The van der Waals surface area contributed by atoms with E-state index in [4.69, 9.17) is 0 Å². The second-order valence-electron chi connectivity index (χ2n) is 3.92. The van der Waals surface area contributed by atoms with Gasteiger partial charge in [-0.15, -0.1) is 0 Å². The first-order chi connectivity index (χ1) is 7.02. The van der Waals surface area contributed by atoms with Crippen LogP contribution in [-0.2, 0) is 7.05 Å². The molecule has 3 heteroatoms. The largest absolute Gasteiger partial charge is 0.299 e. The van der Waals surface area contributed by atoms with Gasteiger partial charge in [-0.3, -0.25) is 9.36 Å². The molecule has 0 atom stereocenters. The lowest BCUT2D eigenvalue weighted by Gasteiger charge is -2.08. The standard InChI is InChI=1S/C12H14N2O/c1-7-5-6-10-11(8(7)2)12(15)14(4)9(3)13-10/h5-6H,1-4H3. The molecule has 15 heavy (non-hydrogen) atoms. The van der Waals surface area contributed by atoms with Crippen LogP contribution in [0.3, 0.4) is 0 Å². The Morgan fingerprint density at radius 2 is 1.87 bits per heavy atom. The van der Waals surface area contributed by atoms with Gasteiger partial charge in [0.25, 0.3) is 5.56 Å². The number of benzene rings is 1. The average Bonchev–Trinajstić information content (AvgIpc) is 2.20. The van der Waals surface area contributed by atoms with Crippen LogP contribution < -0.4 is 5.56 Å². The Hall–Kier alpha value is -1.64. The van der Waals surface area contributed by atoms with Gasteiger partial charge in [-0.25, -0.2) is 4.98 Å². The van der Waals surface area contributed by atoms with E-state index in [2.05, 4.69) is 4.98 Å². The predicted octanol–water partition coefficient (Wildman–Crippen LogP) is 1.86. The zero-order chi connectivity index (χ0) is 11.2. The van der Waals surface area contributed by atoms with Crippen LogP contribution >= 0.6 is 0 Å². The molecule has 0 aliphatic rings. The number of nitrogens with zero attached hydrogens (tertiary/aromatic N) is 2. The van der Waals surface area contributed by atoms with Crippen molar-refractivity contribution in [2.75, 3.05) is 0 Å². The summed E-state index contributed by atoms with van der Waals surface area (Å²) in [6.07, 6.45) is 0. The van der Waals surface area contributed by atoms with Crippen LogP contribution in [0.4, 0.5) is 0 Å². The van der Waals surface area contributed by atoms with Crippen molar-refractivity contribution >= 4 is 10.9 Å². The van der Waals surface area contributed by atoms with Crippen molar-refractivity contribution in [3.05, 3.63) is 39.4 Å². The molecule has 0 amide bonds. The summed E-state index contributed by atoms with van der Waals surface area (Å²) in [6, 6.07) is 3.91. The molecule has 2 aromatic rings. The molecular weight excluding hydrogens is 188 g/mol. The van der Waals surface area contributed by atoms with E-state index in [1.807, 2.05) is 32.9 Å². The molecule has 1 aromatic heterocycles. The maximum atomic E-state index is 12.0. The molecule has 1 heterocycles. The number of hydrogen-bond donors (Lipinski definition) is 0. The normalized spacial score (nSPS) is 10.9. The molecule has 1 aromatic carbocycles. The van der Waals surface area contributed by atoms with E-state index in [9.17, 15) is 4.79 Å². The zero-order valence-corrected chi connectivity index (χ0v) is 9.46. The molecular formula is C12H14N2O. The number of aryl methyl sites for hydroxylation is 3. The molecule has 0 saturated heterocycles. The molecule has 0 aliphatic carbocycles. The van der Waals surface area contributed by atoms with Crippen LogP contribution in [0.2, 0.25) is 0 Å². The Morgan fingerprint density at radius 1 is 1.20 bits per heavy atom. The minimum atomic E-state index is 0.0405. The van der Waals surface area contributed by atoms with Gasteiger partial charge in [-0.1, -0.05) is 6.07 Å². The third-order valence-corrected chi connectivity index (χ3v) is 3.00. The van der Waals surface area contributed by atoms with Crippen LogP contribution in [-0.4, -0.2) is 9.55 Å². The Balaban J connectivity index is 3.08. The van der Waals surface area contributed by atoms with Gasteiger partial charge >= 0.3 is 0 Å². The maximum absolute atomic E-state index is 12.0. The molecule has 0 spiro atoms. The topological polar surface area (TPSA) is 34.9 Å². The minimum absolute atomic E-state index is 0.0405. The molecule has 0 unspecified atom stereocenters. The number of aromatic nitrogens is 2. The monoisotopic (exact) mass is 202 g/mol. The lowest BCUT2D eigenvalue weighted by Crippen LogP contribution is -2.21. The van der Waals surface area contributed by atoms with Crippen molar-refractivity contribution in [3.63, 3.8) is 0 Å². The van der Waals surface area contributed by atoms with Crippen LogP contribution in [0, 0.1) is 20.8 Å². The fourth-order valence-electron chi connectivity index (χ4n) is 1.73. The Bertz CT molecular complexity index is 597. The van der Waals surface area contributed by atoms with Crippen molar-refractivity contribution < 1.29 is 0 Å². The molecule has 0 saturated carbocycles. The van der Waals surface area contributed by atoms with E-state index >= 15 is 0 Å². The highest BCUT2D eigenvalue weighted by Gasteiger charge is 2.08. The quantitative estimate of drug-likeness (QED) is 0.653. The molecule has 78 valence electrons. The van der Waals surface area contributed by atoms with Crippen LogP contribution in [0.15, 0.2) is 16.9 Å². The van der Waals surface area contributed by atoms with E-state index in [0.29, 0.717) is 0 Å². The lowest BCUT2D eigenvalue weighted by molar-refractivity contribution is 0.791. The van der Waals surface area contributed by atoms with Crippen molar-refractivity contribution in [1.82, 2.24) is 9.55 Å². The molecule has 0 aliphatic heterocycles. The first-order valence-electron chi connectivity index (χ1n) is 4.96. The van der Waals surface area contributed by atoms with Gasteiger partial charge in [0.2, 0.25) is 0 Å². The molecule has 0 bridgehead atoms. The lowest BCUT2D eigenvalue weighted by atomic mass is 10.1.